The summed E-state index contributed by atoms with van der Waals surface area (Å²) in [7, 11) is 0. The molecule has 0 spiro atoms. The van der Waals surface area contributed by atoms with Gasteiger partial charge in [0.15, 0.2) is 0 Å². The largest absolute Gasteiger partial charge is 0.456 e. The maximum Gasteiger partial charge on any atom is 0.339 e. The van der Waals surface area contributed by atoms with Crippen molar-refractivity contribution in [3.05, 3.63) is 89.2 Å². The van der Waals surface area contributed by atoms with Crippen LogP contribution in [0.4, 0.5) is 0 Å². The number of nitrogens with one attached hydrogen (secondary N) is 1. The number of carbonyl (C=O) groups is 2. The van der Waals surface area contributed by atoms with Crippen LogP contribution >= 0.6 is 0 Å². The van der Waals surface area contributed by atoms with Crippen LogP contribution in [0.3, 0.4) is 0 Å². The molecule has 1 saturated carbocycles. The minimum absolute atomic E-state index is 0.000311. The summed E-state index contributed by atoms with van der Waals surface area (Å²) in [6, 6.07) is 22.1. The average molecular weight is 566 g/mol. The van der Waals surface area contributed by atoms with Crippen LogP contribution < -0.4 is 5.32 Å². The molecule has 3 aromatic carbocycles. The fourth-order valence-electron chi connectivity index (χ4n) is 5.75. The summed E-state index contributed by atoms with van der Waals surface area (Å²) in [5.41, 5.74) is 5.52. The molecule has 0 saturated heterocycles. The summed E-state index contributed by atoms with van der Waals surface area (Å²) in [5, 5.41) is 3.26. The van der Waals surface area contributed by atoms with Crippen molar-refractivity contribution in [1.29, 1.82) is 0 Å². The molecule has 1 amide bonds. The lowest BCUT2D eigenvalue weighted by atomic mass is 9.95. The zero-order chi connectivity index (χ0) is 29.7. The van der Waals surface area contributed by atoms with Gasteiger partial charge in [-0.1, -0.05) is 75.1 Å². The number of rotatable bonds is 9. The van der Waals surface area contributed by atoms with Crippen LogP contribution in [0.25, 0.3) is 22.2 Å². The van der Waals surface area contributed by atoms with Crippen molar-refractivity contribution in [3.8, 4) is 11.1 Å². The van der Waals surface area contributed by atoms with E-state index in [1.807, 2.05) is 63.2 Å². The molecule has 0 bridgehead atoms. The molecule has 0 atom stereocenters. The van der Waals surface area contributed by atoms with Crippen LogP contribution in [-0.4, -0.2) is 33.1 Å². The number of carbonyl (C=O) groups excluding carboxylic acids is 2. The summed E-state index contributed by atoms with van der Waals surface area (Å²) >= 11 is 0. The first kappa shape index (κ1) is 29.6. The van der Waals surface area contributed by atoms with E-state index in [-0.39, 0.29) is 17.9 Å². The van der Waals surface area contributed by atoms with Gasteiger partial charge in [-0.3, -0.25) is 4.79 Å². The van der Waals surface area contributed by atoms with Crippen LogP contribution in [0, 0.1) is 0 Å². The van der Waals surface area contributed by atoms with Gasteiger partial charge in [-0.2, -0.15) is 0 Å². The van der Waals surface area contributed by atoms with E-state index >= 15 is 0 Å². The second-order valence-electron chi connectivity index (χ2n) is 12.5. The SMILES string of the molecule is CCCCc1nc2ccc(C(=O)NC3CCCCC3)cc2n1Cc1ccc(-c2ccccc2C(=O)OC(C)(C)C)cc1. The predicted octanol–water partition coefficient (Wildman–Crippen LogP) is 8.11. The number of esters is 1. The molecule has 1 aromatic heterocycles. The van der Waals surface area contributed by atoms with Gasteiger partial charge in [0.25, 0.3) is 5.91 Å². The Kier molecular flexibility index (Phi) is 9.10. The van der Waals surface area contributed by atoms with Gasteiger partial charge in [-0.15, -0.1) is 0 Å². The lowest BCUT2D eigenvalue weighted by Crippen LogP contribution is -2.36. The first-order valence-corrected chi connectivity index (χ1v) is 15.4. The number of benzene rings is 3. The number of imidazole rings is 1. The molecule has 6 nitrogen and oxygen atoms in total. The lowest BCUT2D eigenvalue weighted by Gasteiger charge is -2.22. The minimum Gasteiger partial charge on any atom is -0.456 e. The Morgan fingerprint density at radius 1 is 0.976 bits per heavy atom. The highest BCUT2D eigenvalue weighted by atomic mass is 16.6. The molecule has 1 N–H and O–H groups in total. The van der Waals surface area contributed by atoms with E-state index in [1.165, 1.54) is 19.3 Å². The van der Waals surface area contributed by atoms with Crippen LogP contribution in [0.5, 0.6) is 0 Å². The molecule has 1 aliphatic carbocycles. The van der Waals surface area contributed by atoms with E-state index in [0.29, 0.717) is 17.7 Å². The number of fused-ring (bicyclic) bond motifs is 1. The minimum atomic E-state index is -0.562. The van der Waals surface area contributed by atoms with Crippen molar-refractivity contribution in [1.82, 2.24) is 14.9 Å². The normalized spacial score (nSPS) is 14.2. The molecule has 6 heteroatoms. The van der Waals surface area contributed by atoms with E-state index in [2.05, 4.69) is 41.1 Å². The van der Waals surface area contributed by atoms with Gasteiger partial charge in [0.05, 0.1) is 16.6 Å². The molecule has 4 aromatic rings. The van der Waals surface area contributed by atoms with Gasteiger partial charge >= 0.3 is 5.97 Å². The summed E-state index contributed by atoms with van der Waals surface area (Å²) in [5.74, 6) is 0.714. The Labute approximate surface area is 249 Å². The summed E-state index contributed by atoms with van der Waals surface area (Å²) < 4.78 is 7.91. The van der Waals surface area contributed by atoms with E-state index in [9.17, 15) is 9.59 Å². The third-order valence-corrected chi connectivity index (χ3v) is 7.94. The molecule has 1 aliphatic rings. The zero-order valence-electron chi connectivity index (χ0n) is 25.4. The van der Waals surface area contributed by atoms with Crippen molar-refractivity contribution >= 4 is 22.9 Å². The van der Waals surface area contributed by atoms with Crippen LogP contribution in [0.2, 0.25) is 0 Å². The number of nitrogens with zero attached hydrogens (tertiary/aromatic N) is 2. The Bertz CT molecular complexity index is 1540. The Morgan fingerprint density at radius 2 is 1.71 bits per heavy atom. The zero-order valence-corrected chi connectivity index (χ0v) is 25.4. The summed E-state index contributed by atoms with van der Waals surface area (Å²) in [4.78, 5) is 31.0. The standard InChI is InChI=1S/C36H43N3O3/c1-5-6-16-33-38-31-22-21-27(34(40)37-28-12-8-7-9-13-28)23-32(31)39(33)24-25-17-19-26(20-18-25)29-14-10-11-15-30(29)35(41)42-36(2,3)4/h10-11,14-15,17-23,28H,5-9,12-13,16,24H2,1-4H3,(H,37,40). The number of unbranched alkanes of at least 4 members (excludes halogenated alkanes) is 1. The molecular formula is C36H43N3O3. The fourth-order valence-corrected chi connectivity index (χ4v) is 5.75. The fraction of sp³-hybridized carbons (Fsp3) is 0.417. The first-order valence-electron chi connectivity index (χ1n) is 15.4. The summed E-state index contributed by atoms with van der Waals surface area (Å²) in [6.45, 7) is 8.47. The van der Waals surface area contributed by atoms with Crippen molar-refractivity contribution in [2.45, 2.75) is 97.2 Å². The van der Waals surface area contributed by atoms with Crippen LogP contribution in [0.1, 0.15) is 105 Å². The van der Waals surface area contributed by atoms with Crippen molar-refractivity contribution < 1.29 is 14.3 Å². The molecule has 0 aliphatic heterocycles. The number of hydrogen-bond acceptors (Lipinski definition) is 4. The topological polar surface area (TPSA) is 73.2 Å². The van der Waals surface area contributed by atoms with Gasteiger partial charge in [-0.25, -0.2) is 9.78 Å². The van der Waals surface area contributed by atoms with Crippen molar-refractivity contribution in [3.63, 3.8) is 0 Å². The monoisotopic (exact) mass is 565 g/mol. The van der Waals surface area contributed by atoms with Gasteiger partial charge < -0.3 is 14.6 Å². The quantitative estimate of drug-likeness (QED) is 0.208. The highest BCUT2D eigenvalue weighted by Crippen LogP contribution is 2.28. The molecule has 1 fully saturated rings. The molecule has 220 valence electrons. The molecule has 42 heavy (non-hydrogen) atoms. The van der Waals surface area contributed by atoms with Gasteiger partial charge in [0, 0.05) is 24.6 Å². The predicted molar refractivity (Wildman–Crippen MR) is 169 cm³/mol. The molecule has 0 unspecified atom stereocenters. The average Bonchev–Trinajstić information content (AvgIpc) is 3.32. The van der Waals surface area contributed by atoms with Crippen molar-refractivity contribution in [2.75, 3.05) is 0 Å². The number of amides is 1. The first-order chi connectivity index (χ1) is 20.2. The maximum absolute atomic E-state index is 13.2. The van der Waals surface area contributed by atoms with Crippen LogP contribution in [-0.2, 0) is 17.7 Å². The Morgan fingerprint density at radius 3 is 2.43 bits per heavy atom. The van der Waals surface area contributed by atoms with Crippen molar-refractivity contribution in [2.24, 2.45) is 0 Å². The highest BCUT2D eigenvalue weighted by Gasteiger charge is 2.21. The van der Waals surface area contributed by atoms with E-state index in [0.717, 1.165) is 65.7 Å². The second-order valence-corrected chi connectivity index (χ2v) is 12.5. The Balaban J connectivity index is 1.41. The molecular weight excluding hydrogens is 522 g/mol. The number of aromatic nitrogens is 2. The van der Waals surface area contributed by atoms with Gasteiger partial charge in [0.1, 0.15) is 11.4 Å². The van der Waals surface area contributed by atoms with E-state index in [4.69, 9.17) is 9.72 Å². The lowest BCUT2D eigenvalue weighted by molar-refractivity contribution is 0.00703. The highest BCUT2D eigenvalue weighted by molar-refractivity contribution is 5.98. The number of ether oxygens (including phenoxy) is 1. The Hall–Kier alpha value is -3.93. The van der Waals surface area contributed by atoms with Gasteiger partial charge in [0.2, 0.25) is 0 Å². The number of aryl methyl sites for hydroxylation is 1. The molecule has 1 heterocycles. The van der Waals surface area contributed by atoms with Gasteiger partial charge in [-0.05, 0) is 81.0 Å². The maximum atomic E-state index is 13.2. The molecule has 5 rings (SSSR count). The van der Waals surface area contributed by atoms with E-state index < -0.39 is 5.60 Å². The van der Waals surface area contributed by atoms with Crippen LogP contribution in [0.15, 0.2) is 66.7 Å². The smallest absolute Gasteiger partial charge is 0.339 e. The summed E-state index contributed by atoms with van der Waals surface area (Å²) in [6.07, 6.45) is 8.77. The van der Waals surface area contributed by atoms with E-state index in [1.54, 1.807) is 0 Å². The third-order valence-electron chi connectivity index (χ3n) is 7.94. The third kappa shape index (κ3) is 7.10. The molecule has 0 radical (unpaired) electrons. The number of hydrogen-bond donors (Lipinski definition) is 1. The second kappa shape index (κ2) is 12.9.